The van der Waals surface area contributed by atoms with Crippen molar-refractivity contribution in [2.24, 2.45) is 0 Å². The van der Waals surface area contributed by atoms with Crippen LogP contribution in [0.5, 0.6) is 0 Å². The first-order valence-electron chi connectivity index (χ1n) is 5.20. The molecule has 0 aliphatic heterocycles. The average molecular weight is 239 g/mol. The van der Waals surface area contributed by atoms with Gasteiger partial charge in [0.25, 0.3) is 0 Å². The molecule has 1 aromatic rings. The molecule has 0 fully saturated rings. The molecule has 0 aliphatic carbocycles. The number of carboxylic acid groups (broad SMARTS) is 1. The maximum atomic E-state index is 12.7. The third-order valence-corrected chi connectivity index (χ3v) is 2.22. The SMILES string of the molecule is CC(=O)N[C@@H](CC(=O)O)Cc1ccc(F)cc1. The third-order valence-electron chi connectivity index (χ3n) is 2.22. The van der Waals surface area contributed by atoms with Crippen molar-refractivity contribution in [2.75, 3.05) is 0 Å². The Morgan fingerprint density at radius 2 is 1.94 bits per heavy atom. The van der Waals surface area contributed by atoms with Gasteiger partial charge >= 0.3 is 5.97 Å². The third kappa shape index (κ3) is 5.10. The van der Waals surface area contributed by atoms with Gasteiger partial charge in [0.15, 0.2) is 0 Å². The van der Waals surface area contributed by atoms with Gasteiger partial charge in [0.2, 0.25) is 5.91 Å². The molecule has 17 heavy (non-hydrogen) atoms. The summed E-state index contributed by atoms with van der Waals surface area (Å²) in [5, 5.41) is 11.3. The Morgan fingerprint density at radius 3 is 2.41 bits per heavy atom. The van der Waals surface area contributed by atoms with E-state index in [1.54, 1.807) is 12.1 Å². The molecular weight excluding hydrogens is 225 g/mol. The van der Waals surface area contributed by atoms with E-state index in [4.69, 9.17) is 5.11 Å². The van der Waals surface area contributed by atoms with Crippen LogP contribution in [0.1, 0.15) is 18.9 Å². The second-order valence-corrected chi connectivity index (χ2v) is 3.83. The molecule has 4 nitrogen and oxygen atoms in total. The highest BCUT2D eigenvalue weighted by Crippen LogP contribution is 2.08. The van der Waals surface area contributed by atoms with Crippen molar-refractivity contribution in [3.8, 4) is 0 Å². The lowest BCUT2D eigenvalue weighted by Crippen LogP contribution is -2.36. The highest BCUT2D eigenvalue weighted by Gasteiger charge is 2.14. The Morgan fingerprint density at radius 1 is 1.35 bits per heavy atom. The van der Waals surface area contributed by atoms with Crippen molar-refractivity contribution in [1.82, 2.24) is 5.32 Å². The van der Waals surface area contributed by atoms with Crippen LogP contribution in [0.25, 0.3) is 0 Å². The first-order chi connectivity index (χ1) is 7.97. The molecule has 1 amide bonds. The lowest BCUT2D eigenvalue weighted by molar-refractivity contribution is -0.137. The average Bonchev–Trinajstić information content (AvgIpc) is 2.19. The summed E-state index contributed by atoms with van der Waals surface area (Å²) in [6, 6.07) is 5.29. The summed E-state index contributed by atoms with van der Waals surface area (Å²) in [6.45, 7) is 1.33. The molecular formula is C12H14FNO3. The summed E-state index contributed by atoms with van der Waals surface area (Å²) < 4.78 is 12.7. The zero-order valence-electron chi connectivity index (χ0n) is 9.44. The highest BCUT2D eigenvalue weighted by atomic mass is 19.1. The minimum atomic E-state index is -0.981. The summed E-state index contributed by atoms with van der Waals surface area (Å²) in [7, 11) is 0. The van der Waals surface area contributed by atoms with Crippen LogP contribution in [-0.4, -0.2) is 23.0 Å². The van der Waals surface area contributed by atoms with Gasteiger partial charge in [-0.05, 0) is 24.1 Å². The number of carbonyl (C=O) groups excluding carboxylic acids is 1. The van der Waals surface area contributed by atoms with E-state index in [0.717, 1.165) is 5.56 Å². The normalized spacial score (nSPS) is 11.9. The summed E-state index contributed by atoms with van der Waals surface area (Å²) >= 11 is 0. The van der Waals surface area contributed by atoms with Crippen molar-refractivity contribution >= 4 is 11.9 Å². The van der Waals surface area contributed by atoms with Crippen LogP contribution < -0.4 is 5.32 Å². The Kier molecular flexibility index (Phi) is 4.63. The number of carboxylic acids is 1. The maximum Gasteiger partial charge on any atom is 0.305 e. The van der Waals surface area contributed by atoms with E-state index in [1.807, 2.05) is 0 Å². The van der Waals surface area contributed by atoms with Gasteiger partial charge in [0.1, 0.15) is 5.82 Å². The van der Waals surface area contributed by atoms with Crippen LogP contribution in [0.4, 0.5) is 4.39 Å². The summed E-state index contributed by atoms with van der Waals surface area (Å²) in [4.78, 5) is 21.5. The van der Waals surface area contributed by atoms with Crippen LogP contribution in [0.15, 0.2) is 24.3 Å². The standard InChI is InChI=1S/C12H14FNO3/c1-8(15)14-11(7-12(16)17)6-9-2-4-10(13)5-3-9/h2-5,11H,6-7H2,1H3,(H,14,15)(H,16,17)/t11-/m1/s1. The number of hydrogen-bond donors (Lipinski definition) is 2. The number of rotatable bonds is 5. The smallest absolute Gasteiger partial charge is 0.305 e. The molecule has 1 aromatic carbocycles. The van der Waals surface area contributed by atoms with E-state index in [2.05, 4.69) is 5.32 Å². The van der Waals surface area contributed by atoms with Crippen molar-refractivity contribution in [2.45, 2.75) is 25.8 Å². The van der Waals surface area contributed by atoms with Crippen LogP contribution in [0.3, 0.4) is 0 Å². The number of amides is 1. The Balaban J connectivity index is 2.67. The number of halogens is 1. The summed E-state index contributed by atoms with van der Waals surface area (Å²) in [5.74, 6) is -1.60. The summed E-state index contributed by atoms with van der Waals surface area (Å²) in [6.07, 6.45) is 0.211. The molecule has 1 atom stereocenters. The van der Waals surface area contributed by atoms with Gasteiger partial charge in [0.05, 0.1) is 6.42 Å². The van der Waals surface area contributed by atoms with Gasteiger partial charge in [-0.2, -0.15) is 0 Å². The predicted octanol–water partition coefficient (Wildman–Crippen LogP) is 1.35. The minimum Gasteiger partial charge on any atom is -0.481 e. The number of benzene rings is 1. The fourth-order valence-corrected chi connectivity index (χ4v) is 1.58. The number of nitrogens with one attached hydrogen (secondary N) is 1. The molecule has 0 aromatic heterocycles. The molecule has 0 radical (unpaired) electrons. The Labute approximate surface area is 98.5 Å². The van der Waals surface area contributed by atoms with E-state index in [0.29, 0.717) is 6.42 Å². The number of carbonyl (C=O) groups is 2. The van der Waals surface area contributed by atoms with Gasteiger partial charge in [-0.25, -0.2) is 4.39 Å². The molecule has 0 bridgehead atoms. The minimum absolute atomic E-state index is 0.156. The predicted molar refractivity (Wildman–Crippen MR) is 60.0 cm³/mol. The Hall–Kier alpha value is -1.91. The zero-order chi connectivity index (χ0) is 12.8. The van der Waals surface area contributed by atoms with Crippen molar-refractivity contribution < 1.29 is 19.1 Å². The zero-order valence-corrected chi connectivity index (χ0v) is 9.44. The van der Waals surface area contributed by atoms with E-state index in [1.165, 1.54) is 19.1 Å². The van der Waals surface area contributed by atoms with E-state index < -0.39 is 12.0 Å². The van der Waals surface area contributed by atoms with Crippen LogP contribution >= 0.6 is 0 Å². The molecule has 5 heteroatoms. The largest absolute Gasteiger partial charge is 0.481 e. The quantitative estimate of drug-likeness (QED) is 0.815. The highest BCUT2D eigenvalue weighted by molar-refractivity contribution is 5.75. The Bertz CT molecular complexity index is 387. The number of hydrogen-bond acceptors (Lipinski definition) is 2. The maximum absolute atomic E-state index is 12.7. The van der Waals surface area contributed by atoms with Crippen LogP contribution in [0, 0.1) is 5.82 Å². The van der Waals surface area contributed by atoms with Crippen LogP contribution in [-0.2, 0) is 16.0 Å². The van der Waals surface area contributed by atoms with Gasteiger partial charge in [0, 0.05) is 13.0 Å². The van der Waals surface area contributed by atoms with Gasteiger partial charge in [-0.1, -0.05) is 12.1 Å². The summed E-state index contributed by atoms with van der Waals surface area (Å²) in [5.41, 5.74) is 0.784. The molecule has 2 N–H and O–H groups in total. The van der Waals surface area contributed by atoms with Gasteiger partial charge < -0.3 is 10.4 Å². The monoisotopic (exact) mass is 239 g/mol. The molecule has 0 saturated heterocycles. The lowest BCUT2D eigenvalue weighted by atomic mass is 10.0. The van der Waals surface area contributed by atoms with Crippen molar-refractivity contribution in [3.05, 3.63) is 35.6 Å². The second kappa shape index (κ2) is 5.98. The first-order valence-corrected chi connectivity index (χ1v) is 5.20. The molecule has 0 unspecified atom stereocenters. The lowest BCUT2D eigenvalue weighted by Gasteiger charge is -2.15. The van der Waals surface area contributed by atoms with Crippen molar-refractivity contribution in [1.29, 1.82) is 0 Å². The van der Waals surface area contributed by atoms with Crippen LogP contribution in [0.2, 0.25) is 0 Å². The molecule has 0 spiro atoms. The number of aliphatic carboxylic acids is 1. The molecule has 92 valence electrons. The van der Waals surface area contributed by atoms with E-state index >= 15 is 0 Å². The van der Waals surface area contributed by atoms with Crippen molar-refractivity contribution in [3.63, 3.8) is 0 Å². The first kappa shape index (κ1) is 13.2. The topological polar surface area (TPSA) is 66.4 Å². The van der Waals surface area contributed by atoms with E-state index in [9.17, 15) is 14.0 Å². The molecule has 0 heterocycles. The molecule has 0 saturated carbocycles. The molecule has 1 rings (SSSR count). The van der Waals surface area contributed by atoms with Gasteiger partial charge in [-0.3, -0.25) is 9.59 Å². The van der Waals surface area contributed by atoms with E-state index in [-0.39, 0.29) is 18.1 Å². The second-order valence-electron chi connectivity index (χ2n) is 3.83. The fraction of sp³-hybridized carbons (Fsp3) is 0.333. The fourth-order valence-electron chi connectivity index (χ4n) is 1.58. The van der Waals surface area contributed by atoms with Gasteiger partial charge in [-0.15, -0.1) is 0 Å². The molecule has 0 aliphatic rings.